The van der Waals surface area contributed by atoms with Gasteiger partial charge >= 0.3 is 12.0 Å². The third kappa shape index (κ3) is 5.19. The molecule has 7 nitrogen and oxygen atoms in total. The second kappa shape index (κ2) is 8.49. The number of amides is 2. The van der Waals surface area contributed by atoms with E-state index >= 15 is 0 Å². The maximum Gasteiger partial charge on any atom is 0.317 e. The van der Waals surface area contributed by atoms with Crippen molar-refractivity contribution in [2.45, 2.75) is 38.4 Å². The topological polar surface area (TPSA) is 96.7 Å². The first-order valence-electron chi connectivity index (χ1n) is 8.39. The average molecular weight is 344 g/mol. The summed E-state index contributed by atoms with van der Waals surface area (Å²) in [6.45, 7) is 3.14. The maximum absolute atomic E-state index is 12.3. The second-order valence-electron chi connectivity index (χ2n) is 6.39. The van der Waals surface area contributed by atoms with Crippen LogP contribution in [-0.4, -0.2) is 59.1 Å². The molecule has 0 aromatic heterocycles. The Kier molecular flexibility index (Phi) is 6.37. The molecule has 1 aliphatic carbocycles. The molecule has 7 heteroatoms. The molecule has 0 aliphatic heterocycles. The van der Waals surface area contributed by atoms with E-state index in [1.54, 1.807) is 24.1 Å². The number of likely N-dealkylation sites (N-methyl/N-ethyl adjacent to an activating group) is 1. The van der Waals surface area contributed by atoms with Gasteiger partial charge in [-0.05, 0) is 37.1 Å². The Labute approximate surface area is 147 Å². The molecule has 2 rings (SSSR count). The molecule has 0 bridgehead atoms. The lowest BCUT2D eigenvalue weighted by atomic mass is 9.85. The Bertz CT molecular complexity index is 647. The van der Waals surface area contributed by atoms with Gasteiger partial charge in [0, 0.05) is 25.7 Å². The fourth-order valence-corrected chi connectivity index (χ4v) is 2.99. The van der Waals surface area contributed by atoms with Crippen molar-refractivity contribution in [3.63, 3.8) is 0 Å². The summed E-state index contributed by atoms with van der Waals surface area (Å²) in [7, 11) is 1.73. The lowest BCUT2D eigenvalue weighted by molar-refractivity contribution is -0.139. The van der Waals surface area contributed by atoms with Crippen molar-refractivity contribution in [3.05, 3.63) is 35.4 Å². The Balaban J connectivity index is 1.76. The predicted molar refractivity (Wildman–Crippen MR) is 92.8 cm³/mol. The highest BCUT2D eigenvalue weighted by molar-refractivity contribution is 5.74. The standard InChI is InChI=1S/C18H24N4O3/c1-3-22(12-17(23)24)16-8-15(9-16)20-18(25)21(2)11-14-6-4-13(10-19)5-7-14/h4-7,15-16H,3,8-9,11-12H2,1-2H3,(H,20,25)(H,23,24). The summed E-state index contributed by atoms with van der Waals surface area (Å²) in [5.41, 5.74) is 1.56. The molecule has 1 aromatic rings. The summed E-state index contributed by atoms with van der Waals surface area (Å²) in [4.78, 5) is 26.6. The van der Waals surface area contributed by atoms with Crippen molar-refractivity contribution >= 4 is 12.0 Å². The van der Waals surface area contributed by atoms with Gasteiger partial charge in [-0.1, -0.05) is 19.1 Å². The van der Waals surface area contributed by atoms with Gasteiger partial charge in [0.15, 0.2) is 0 Å². The smallest absolute Gasteiger partial charge is 0.317 e. The van der Waals surface area contributed by atoms with Crippen LogP contribution in [0, 0.1) is 11.3 Å². The zero-order valence-electron chi connectivity index (χ0n) is 14.6. The fourth-order valence-electron chi connectivity index (χ4n) is 2.99. The van der Waals surface area contributed by atoms with E-state index < -0.39 is 5.97 Å². The molecule has 0 atom stereocenters. The lowest BCUT2D eigenvalue weighted by Crippen LogP contribution is -2.56. The maximum atomic E-state index is 12.3. The predicted octanol–water partition coefficient (Wildman–Crippen LogP) is 1.64. The Hall–Kier alpha value is -2.59. The van der Waals surface area contributed by atoms with E-state index in [1.807, 2.05) is 24.0 Å². The number of carbonyl (C=O) groups excluding carboxylic acids is 1. The highest BCUT2D eigenvalue weighted by Gasteiger charge is 2.35. The Morgan fingerprint density at radius 2 is 1.96 bits per heavy atom. The van der Waals surface area contributed by atoms with Crippen molar-refractivity contribution < 1.29 is 14.7 Å². The van der Waals surface area contributed by atoms with Crippen molar-refractivity contribution in [3.8, 4) is 6.07 Å². The number of nitrogens with one attached hydrogen (secondary N) is 1. The first kappa shape index (κ1) is 18.7. The number of carbonyl (C=O) groups is 2. The largest absolute Gasteiger partial charge is 0.480 e. The lowest BCUT2D eigenvalue weighted by Gasteiger charge is -2.42. The van der Waals surface area contributed by atoms with Gasteiger partial charge in [-0.15, -0.1) is 0 Å². The minimum Gasteiger partial charge on any atom is -0.480 e. The third-order valence-electron chi connectivity index (χ3n) is 4.55. The van der Waals surface area contributed by atoms with Gasteiger partial charge in [-0.25, -0.2) is 4.79 Å². The first-order chi connectivity index (χ1) is 11.9. The molecule has 134 valence electrons. The third-order valence-corrected chi connectivity index (χ3v) is 4.55. The first-order valence-corrected chi connectivity index (χ1v) is 8.39. The number of aliphatic carboxylic acids is 1. The van der Waals surface area contributed by atoms with E-state index in [9.17, 15) is 9.59 Å². The normalized spacial score (nSPS) is 19.0. The summed E-state index contributed by atoms with van der Waals surface area (Å²) in [5, 5.41) is 20.7. The van der Waals surface area contributed by atoms with Crippen LogP contribution >= 0.6 is 0 Å². The van der Waals surface area contributed by atoms with Crippen LogP contribution in [0.2, 0.25) is 0 Å². The van der Waals surface area contributed by atoms with Crippen molar-refractivity contribution in [1.82, 2.24) is 15.1 Å². The van der Waals surface area contributed by atoms with Crippen LogP contribution in [0.4, 0.5) is 4.79 Å². The van der Waals surface area contributed by atoms with E-state index in [4.69, 9.17) is 10.4 Å². The number of benzene rings is 1. The van der Waals surface area contributed by atoms with E-state index in [0.29, 0.717) is 18.7 Å². The molecule has 2 N–H and O–H groups in total. The second-order valence-corrected chi connectivity index (χ2v) is 6.39. The molecule has 1 fully saturated rings. The number of nitrogens with zero attached hydrogens (tertiary/aromatic N) is 3. The Morgan fingerprint density at radius 1 is 1.32 bits per heavy atom. The van der Waals surface area contributed by atoms with Crippen molar-refractivity contribution in [1.29, 1.82) is 5.26 Å². The monoisotopic (exact) mass is 344 g/mol. The van der Waals surface area contributed by atoms with Gasteiger partial charge < -0.3 is 15.3 Å². The molecule has 1 aliphatic rings. The van der Waals surface area contributed by atoms with Gasteiger partial charge in [-0.3, -0.25) is 9.69 Å². The van der Waals surface area contributed by atoms with Crippen molar-refractivity contribution in [2.24, 2.45) is 0 Å². The number of hydrogen-bond acceptors (Lipinski definition) is 4. The highest BCUT2D eigenvalue weighted by Crippen LogP contribution is 2.25. The van der Waals surface area contributed by atoms with Crippen LogP contribution in [0.5, 0.6) is 0 Å². The molecule has 0 spiro atoms. The van der Waals surface area contributed by atoms with Crippen LogP contribution < -0.4 is 5.32 Å². The van der Waals surface area contributed by atoms with E-state index in [-0.39, 0.29) is 24.7 Å². The quantitative estimate of drug-likeness (QED) is 0.784. The van der Waals surface area contributed by atoms with E-state index in [1.165, 1.54) is 0 Å². The van der Waals surface area contributed by atoms with Gasteiger partial charge in [0.05, 0.1) is 18.2 Å². The summed E-state index contributed by atoms with van der Waals surface area (Å²) in [5.74, 6) is -0.823. The number of carboxylic acids is 1. The molecular weight excluding hydrogens is 320 g/mol. The number of carboxylic acid groups (broad SMARTS) is 1. The summed E-state index contributed by atoms with van der Waals surface area (Å²) in [6, 6.07) is 9.38. The average Bonchev–Trinajstić information content (AvgIpc) is 2.56. The van der Waals surface area contributed by atoms with Crippen LogP contribution in [0.1, 0.15) is 30.9 Å². The molecule has 25 heavy (non-hydrogen) atoms. The Morgan fingerprint density at radius 3 is 2.48 bits per heavy atom. The fraction of sp³-hybridized carbons (Fsp3) is 0.500. The van der Waals surface area contributed by atoms with Gasteiger partial charge in [0.25, 0.3) is 0 Å². The molecule has 1 saturated carbocycles. The minimum atomic E-state index is -0.823. The van der Waals surface area contributed by atoms with Gasteiger partial charge in [-0.2, -0.15) is 5.26 Å². The zero-order valence-corrected chi connectivity index (χ0v) is 14.6. The van der Waals surface area contributed by atoms with E-state index in [2.05, 4.69) is 11.4 Å². The number of rotatable bonds is 7. The van der Waals surface area contributed by atoms with Crippen LogP contribution in [0.15, 0.2) is 24.3 Å². The molecule has 0 saturated heterocycles. The molecule has 0 radical (unpaired) electrons. The van der Waals surface area contributed by atoms with Crippen LogP contribution in [0.3, 0.4) is 0 Å². The summed E-state index contributed by atoms with van der Waals surface area (Å²) >= 11 is 0. The van der Waals surface area contributed by atoms with Crippen molar-refractivity contribution in [2.75, 3.05) is 20.1 Å². The molecule has 0 heterocycles. The SMILES string of the molecule is CCN(CC(=O)O)C1CC(NC(=O)N(C)Cc2ccc(C#N)cc2)C1. The minimum absolute atomic E-state index is 0.0421. The molecule has 1 aromatic carbocycles. The molecule has 0 unspecified atom stereocenters. The van der Waals surface area contributed by atoms with Gasteiger partial charge in [0.2, 0.25) is 0 Å². The van der Waals surface area contributed by atoms with Crippen LogP contribution in [0.25, 0.3) is 0 Å². The van der Waals surface area contributed by atoms with Gasteiger partial charge in [0.1, 0.15) is 0 Å². The summed E-state index contributed by atoms with van der Waals surface area (Å²) < 4.78 is 0. The molecular formula is C18H24N4O3. The zero-order chi connectivity index (χ0) is 18.4. The van der Waals surface area contributed by atoms with E-state index in [0.717, 1.165) is 18.4 Å². The number of urea groups is 1. The molecule has 2 amide bonds. The number of nitriles is 1. The van der Waals surface area contributed by atoms with Crippen LogP contribution in [-0.2, 0) is 11.3 Å². The number of hydrogen-bond donors (Lipinski definition) is 2. The highest BCUT2D eigenvalue weighted by atomic mass is 16.4. The summed E-state index contributed by atoms with van der Waals surface area (Å²) in [6.07, 6.45) is 1.55.